The fraction of sp³-hybridized carbons (Fsp3) is 0.438. The number of rotatable bonds is 3. The van der Waals surface area contributed by atoms with Crippen molar-refractivity contribution in [2.24, 2.45) is 0 Å². The maximum absolute atomic E-state index is 12.4. The Labute approximate surface area is 124 Å². The highest BCUT2D eigenvalue weighted by Gasteiger charge is 2.36. The van der Waals surface area contributed by atoms with Gasteiger partial charge in [-0.2, -0.15) is 0 Å². The van der Waals surface area contributed by atoms with Gasteiger partial charge in [-0.1, -0.05) is 6.92 Å². The van der Waals surface area contributed by atoms with E-state index in [9.17, 15) is 8.42 Å². The summed E-state index contributed by atoms with van der Waals surface area (Å²) >= 11 is 0. The minimum Gasteiger partial charge on any atom is -0.382 e. The number of nitrogens with zero attached hydrogens (tertiary/aromatic N) is 1. The van der Waals surface area contributed by atoms with E-state index in [1.807, 2.05) is 12.1 Å². The maximum Gasteiger partial charge on any atom is 0.179 e. The summed E-state index contributed by atoms with van der Waals surface area (Å²) in [7, 11) is -3.14. The third-order valence-electron chi connectivity index (χ3n) is 4.50. The van der Waals surface area contributed by atoms with Crippen molar-refractivity contribution in [1.82, 2.24) is 4.98 Å². The number of fused-ring (bicyclic) bond motifs is 3. The first-order valence-electron chi connectivity index (χ1n) is 7.51. The standard InChI is InChI=1S/C16H18N2O2S/c1-2-10-9-21(19,20)14-6-5-12-16(15(10)14)13(7-8-17-12)18-11-3-4-11/h5-8,10-11H,2-4,9H2,1H3,(H,17,18). The molecule has 0 radical (unpaired) electrons. The molecule has 5 heteroatoms. The minimum atomic E-state index is -3.14. The summed E-state index contributed by atoms with van der Waals surface area (Å²) in [5.74, 6) is 0.313. The van der Waals surface area contributed by atoms with Crippen LogP contribution in [0.25, 0.3) is 10.9 Å². The Morgan fingerprint density at radius 1 is 1.29 bits per heavy atom. The second-order valence-electron chi connectivity index (χ2n) is 6.04. The van der Waals surface area contributed by atoms with Crippen LogP contribution in [0.4, 0.5) is 5.69 Å². The lowest BCUT2D eigenvalue weighted by Gasteiger charge is -2.14. The fourth-order valence-electron chi connectivity index (χ4n) is 3.26. The Bertz CT molecular complexity index is 826. The van der Waals surface area contributed by atoms with Gasteiger partial charge in [-0.3, -0.25) is 4.98 Å². The third-order valence-corrected chi connectivity index (χ3v) is 6.37. The van der Waals surface area contributed by atoms with Gasteiger partial charge in [0.15, 0.2) is 9.84 Å². The quantitative estimate of drug-likeness (QED) is 0.946. The van der Waals surface area contributed by atoms with Crippen molar-refractivity contribution < 1.29 is 8.42 Å². The Morgan fingerprint density at radius 2 is 2.10 bits per heavy atom. The molecule has 1 aliphatic carbocycles. The molecule has 2 aliphatic rings. The lowest BCUT2D eigenvalue weighted by Crippen LogP contribution is -2.04. The van der Waals surface area contributed by atoms with Crippen LogP contribution < -0.4 is 5.32 Å². The van der Waals surface area contributed by atoms with Crippen LogP contribution in [-0.2, 0) is 9.84 Å². The van der Waals surface area contributed by atoms with Crippen molar-refractivity contribution in [3.05, 3.63) is 30.0 Å². The molecule has 2 heterocycles. The van der Waals surface area contributed by atoms with E-state index in [2.05, 4.69) is 17.2 Å². The average molecular weight is 302 g/mol. The van der Waals surface area contributed by atoms with Crippen LogP contribution in [0, 0.1) is 0 Å². The van der Waals surface area contributed by atoms with Crippen molar-refractivity contribution >= 4 is 26.4 Å². The zero-order chi connectivity index (χ0) is 14.6. The smallest absolute Gasteiger partial charge is 0.179 e. The molecule has 1 atom stereocenters. The molecule has 2 aromatic rings. The third kappa shape index (κ3) is 2.02. The number of anilines is 1. The van der Waals surface area contributed by atoms with Crippen molar-refractivity contribution in [2.75, 3.05) is 11.1 Å². The molecule has 1 saturated carbocycles. The number of benzene rings is 1. The largest absolute Gasteiger partial charge is 0.382 e. The van der Waals surface area contributed by atoms with Crippen molar-refractivity contribution in [3.8, 4) is 0 Å². The van der Waals surface area contributed by atoms with Crippen molar-refractivity contribution in [3.63, 3.8) is 0 Å². The van der Waals surface area contributed by atoms with Gasteiger partial charge in [0.05, 0.1) is 16.2 Å². The molecule has 1 fully saturated rings. The summed E-state index contributed by atoms with van der Waals surface area (Å²) in [6.45, 7) is 2.05. The molecule has 110 valence electrons. The summed E-state index contributed by atoms with van der Waals surface area (Å²) in [4.78, 5) is 4.94. The van der Waals surface area contributed by atoms with Crippen molar-refractivity contribution in [2.45, 2.75) is 43.0 Å². The molecule has 4 nitrogen and oxygen atoms in total. The summed E-state index contributed by atoms with van der Waals surface area (Å²) in [6.07, 6.45) is 5.01. The Balaban J connectivity index is 2.03. The Hall–Kier alpha value is -1.62. The number of hydrogen-bond acceptors (Lipinski definition) is 4. The van der Waals surface area contributed by atoms with Gasteiger partial charge in [-0.05, 0) is 48.9 Å². The molecule has 0 amide bonds. The van der Waals surface area contributed by atoms with Gasteiger partial charge >= 0.3 is 0 Å². The van der Waals surface area contributed by atoms with E-state index in [1.165, 1.54) is 12.8 Å². The summed E-state index contributed by atoms with van der Waals surface area (Å²) in [5.41, 5.74) is 2.90. The van der Waals surface area contributed by atoms with Crippen LogP contribution in [0.1, 0.15) is 37.7 Å². The number of pyridine rings is 1. The highest BCUT2D eigenvalue weighted by molar-refractivity contribution is 7.91. The molecule has 1 aromatic heterocycles. The first-order valence-corrected chi connectivity index (χ1v) is 9.16. The number of aromatic nitrogens is 1. The predicted molar refractivity (Wildman–Crippen MR) is 83.5 cm³/mol. The molecule has 21 heavy (non-hydrogen) atoms. The summed E-state index contributed by atoms with van der Waals surface area (Å²) in [5, 5.41) is 4.53. The molecule has 1 unspecified atom stereocenters. The van der Waals surface area contributed by atoms with Gasteiger partial charge in [-0.15, -0.1) is 0 Å². The summed E-state index contributed by atoms with van der Waals surface area (Å²) < 4.78 is 24.7. The van der Waals surface area contributed by atoms with Gasteiger partial charge in [0.2, 0.25) is 0 Å². The number of sulfone groups is 1. The lowest BCUT2D eigenvalue weighted by molar-refractivity contribution is 0.596. The topological polar surface area (TPSA) is 59.1 Å². The van der Waals surface area contributed by atoms with Gasteiger partial charge in [-0.25, -0.2) is 8.42 Å². The second kappa shape index (κ2) is 4.44. The fourth-order valence-corrected chi connectivity index (χ4v) is 5.25. The molecule has 0 bridgehead atoms. The van der Waals surface area contributed by atoms with E-state index in [4.69, 9.17) is 0 Å². The van der Waals surface area contributed by atoms with Crippen LogP contribution >= 0.6 is 0 Å². The Morgan fingerprint density at radius 3 is 2.81 bits per heavy atom. The van der Waals surface area contributed by atoms with Gasteiger partial charge in [0, 0.05) is 23.3 Å². The molecular weight excluding hydrogens is 284 g/mol. The summed E-state index contributed by atoms with van der Waals surface area (Å²) in [6, 6.07) is 6.07. The van der Waals surface area contributed by atoms with Gasteiger partial charge in [0.25, 0.3) is 0 Å². The molecular formula is C16H18N2O2S. The SMILES string of the molecule is CCC1CS(=O)(=O)c2ccc3nccc(NC4CC4)c3c21. The second-order valence-corrected chi connectivity index (χ2v) is 8.04. The lowest BCUT2D eigenvalue weighted by atomic mass is 9.94. The van der Waals surface area contributed by atoms with E-state index in [-0.39, 0.29) is 11.7 Å². The average Bonchev–Trinajstić information content (AvgIpc) is 3.23. The van der Waals surface area contributed by atoms with Crippen LogP contribution in [0.15, 0.2) is 29.3 Å². The normalized spacial score (nSPS) is 23.2. The molecule has 0 saturated heterocycles. The van der Waals surface area contributed by atoms with Crippen molar-refractivity contribution in [1.29, 1.82) is 0 Å². The molecule has 4 rings (SSSR count). The van der Waals surface area contributed by atoms with E-state index >= 15 is 0 Å². The monoisotopic (exact) mass is 302 g/mol. The van der Waals surface area contributed by atoms with Gasteiger partial charge < -0.3 is 5.32 Å². The predicted octanol–water partition coefficient (Wildman–Crippen LogP) is 3.09. The first-order chi connectivity index (χ1) is 10.1. The van der Waals surface area contributed by atoms with Crippen LogP contribution in [0.5, 0.6) is 0 Å². The first kappa shape index (κ1) is 13.1. The van der Waals surface area contributed by atoms with E-state index in [1.54, 1.807) is 12.3 Å². The molecule has 0 spiro atoms. The molecule has 1 N–H and O–H groups in total. The number of nitrogens with one attached hydrogen (secondary N) is 1. The van der Waals surface area contributed by atoms with E-state index < -0.39 is 9.84 Å². The number of hydrogen-bond donors (Lipinski definition) is 1. The Kier molecular flexibility index (Phi) is 2.76. The molecule has 1 aliphatic heterocycles. The zero-order valence-electron chi connectivity index (χ0n) is 12.0. The molecule has 1 aromatic carbocycles. The minimum absolute atomic E-state index is 0.0812. The van der Waals surface area contributed by atoms with Crippen LogP contribution in [0.3, 0.4) is 0 Å². The van der Waals surface area contributed by atoms with E-state index in [0.717, 1.165) is 28.6 Å². The van der Waals surface area contributed by atoms with E-state index in [0.29, 0.717) is 10.9 Å². The highest BCUT2D eigenvalue weighted by Crippen LogP contribution is 2.43. The highest BCUT2D eigenvalue weighted by atomic mass is 32.2. The van der Waals surface area contributed by atoms with Crippen LogP contribution in [-0.4, -0.2) is 25.2 Å². The maximum atomic E-state index is 12.4. The van der Waals surface area contributed by atoms with Crippen LogP contribution in [0.2, 0.25) is 0 Å². The van der Waals surface area contributed by atoms with Gasteiger partial charge in [0.1, 0.15) is 0 Å². The zero-order valence-corrected chi connectivity index (χ0v) is 12.8.